The maximum atomic E-state index is 12.8. The highest BCUT2D eigenvalue weighted by atomic mass is 32.2. The molecule has 4 rings (SSSR count). The van der Waals surface area contributed by atoms with Crippen LogP contribution in [0.15, 0.2) is 42.5 Å². The lowest BCUT2D eigenvalue weighted by molar-refractivity contribution is -0.143. The van der Waals surface area contributed by atoms with E-state index in [1.54, 1.807) is 6.07 Å². The number of hydrogen-bond donors (Lipinski definition) is 2. The summed E-state index contributed by atoms with van der Waals surface area (Å²) in [7, 11) is -4.12. The summed E-state index contributed by atoms with van der Waals surface area (Å²) in [6.45, 7) is 4.59. The van der Waals surface area contributed by atoms with Crippen molar-refractivity contribution in [3.8, 4) is 16.9 Å². The molecule has 208 valence electrons. The van der Waals surface area contributed by atoms with E-state index in [9.17, 15) is 18.3 Å². The number of aryl methyl sites for hydroxylation is 1. The van der Waals surface area contributed by atoms with E-state index in [1.807, 2.05) is 32.0 Å². The third kappa shape index (κ3) is 7.12. The number of nitrogens with zero attached hydrogens (tertiary/aromatic N) is 1. The van der Waals surface area contributed by atoms with Gasteiger partial charge in [0.15, 0.2) is 0 Å². The first-order chi connectivity index (χ1) is 18.2. The molecule has 0 amide bonds. The van der Waals surface area contributed by atoms with Gasteiger partial charge >= 0.3 is 16.3 Å². The van der Waals surface area contributed by atoms with E-state index >= 15 is 0 Å². The van der Waals surface area contributed by atoms with Gasteiger partial charge in [0.2, 0.25) is 0 Å². The summed E-state index contributed by atoms with van der Waals surface area (Å²) in [5, 5.41) is 18.5. The Kier molecular flexibility index (Phi) is 9.43. The Hall–Kier alpha value is -2.50. The topological polar surface area (TPSA) is 123 Å². The average Bonchev–Trinajstić information content (AvgIpc) is 2.91. The van der Waals surface area contributed by atoms with Crippen LogP contribution in [-0.2, 0) is 24.0 Å². The smallest absolute Gasteiger partial charge is 0.387 e. The first kappa shape index (κ1) is 28.5. The largest absolute Gasteiger partial charge is 0.491 e. The van der Waals surface area contributed by atoms with E-state index < -0.39 is 28.3 Å². The summed E-state index contributed by atoms with van der Waals surface area (Å²) in [5.41, 5.74) is 4.27. The minimum atomic E-state index is -4.12. The van der Waals surface area contributed by atoms with Crippen LogP contribution in [0.3, 0.4) is 0 Å². The van der Waals surface area contributed by atoms with Crippen molar-refractivity contribution in [1.29, 1.82) is 0 Å². The predicted octanol–water partition coefficient (Wildman–Crippen LogP) is 3.18. The van der Waals surface area contributed by atoms with Crippen LogP contribution in [0.25, 0.3) is 11.1 Å². The van der Waals surface area contributed by atoms with Gasteiger partial charge in [-0.15, -0.1) is 0 Å². The van der Waals surface area contributed by atoms with E-state index in [-0.39, 0.29) is 25.2 Å². The quantitative estimate of drug-likeness (QED) is 0.491. The van der Waals surface area contributed by atoms with Crippen molar-refractivity contribution in [2.75, 3.05) is 32.9 Å². The Labute approximate surface area is 224 Å². The fraction of sp³-hybridized carbons (Fsp3) is 0.536. The molecule has 2 fully saturated rings. The summed E-state index contributed by atoms with van der Waals surface area (Å²) >= 11 is 0. The summed E-state index contributed by atoms with van der Waals surface area (Å²) in [6, 6.07) is 13.9. The van der Waals surface area contributed by atoms with Crippen LogP contribution in [0.4, 0.5) is 0 Å². The maximum absolute atomic E-state index is 12.8. The van der Waals surface area contributed by atoms with E-state index in [1.165, 1.54) is 4.31 Å². The molecule has 2 aromatic carbocycles. The Balaban J connectivity index is 1.35. The Morgan fingerprint density at radius 1 is 1.16 bits per heavy atom. The number of benzene rings is 2. The number of hydrogen-bond acceptors (Lipinski definition) is 8. The van der Waals surface area contributed by atoms with Crippen LogP contribution in [0.2, 0.25) is 0 Å². The second-order valence-electron chi connectivity index (χ2n) is 10.2. The van der Waals surface area contributed by atoms with Crippen molar-refractivity contribution in [3.63, 3.8) is 0 Å². The molecule has 9 nitrogen and oxygen atoms in total. The van der Waals surface area contributed by atoms with Crippen molar-refractivity contribution in [1.82, 2.24) is 4.31 Å². The van der Waals surface area contributed by atoms with Crippen molar-refractivity contribution >= 4 is 16.3 Å². The molecule has 0 spiro atoms. The SMILES string of the molecule is Cc1cc(C2CCN(S(=O)(=O)OC(=O)C3CCOC(C)C3)CC2)ccc1-c1cccc(OC[C@H](O)CO)c1. The van der Waals surface area contributed by atoms with Crippen molar-refractivity contribution in [2.24, 2.45) is 5.92 Å². The van der Waals surface area contributed by atoms with Gasteiger partial charge < -0.3 is 23.9 Å². The zero-order valence-electron chi connectivity index (χ0n) is 21.9. The second kappa shape index (κ2) is 12.6. The van der Waals surface area contributed by atoms with Gasteiger partial charge in [0.25, 0.3) is 0 Å². The van der Waals surface area contributed by atoms with E-state index in [2.05, 4.69) is 18.2 Å². The molecule has 2 aliphatic rings. The van der Waals surface area contributed by atoms with Gasteiger partial charge in [-0.25, -0.2) is 0 Å². The number of piperidine rings is 1. The molecule has 2 N–H and O–H groups in total. The van der Waals surface area contributed by atoms with Gasteiger partial charge in [-0.3, -0.25) is 4.79 Å². The highest BCUT2D eigenvalue weighted by Gasteiger charge is 2.35. The predicted molar refractivity (Wildman–Crippen MR) is 142 cm³/mol. The number of aliphatic hydroxyl groups excluding tert-OH is 2. The molecule has 38 heavy (non-hydrogen) atoms. The van der Waals surface area contributed by atoms with Gasteiger partial charge in [0, 0.05) is 19.7 Å². The normalized spacial score (nSPS) is 22.1. The average molecular weight is 548 g/mol. The van der Waals surface area contributed by atoms with Crippen molar-refractivity contribution in [3.05, 3.63) is 53.6 Å². The first-order valence-corrected chi connectivity index (χ1v) is 14.5. The van der Waals surface area contributed by atoms with Gasteiger partial charge in [0.1, 0.15) is 18.5 Å². The number of carbonyl (C=O) groups is 1. The van der Waals surface area contributed by atoms with Crippen LogP contribution in [0, 0.1) is 12.8 Å². The third-order valence-electron chi connectivity index (χ3n) is 7.30. The molecule has 0 radical (unpaired) electrons. The molecule has 2 aromatic rings. The highest BCUT2D eigenvalue weighted by Crippen LogP contribution is 2.34. The number of aliphatic hydroxyl groups is 2. The van der Waals surface area contributed by atoms with E-state index in [4.69, 9.17) is 18.8 Å². The highest BCUT2D eigenvalue weighted by molar-refractivity contribution is 7.84. The summed E-state index contributed by atoms with van der Waals surface area (Å²) in [5.74, 6) is -0.325. The van der Waals surface area contributed by atoms with E-state index in [0.717, 1.165) is 22.3 Å². The van der Waals surface area contributed by atoms with Gasteiger partial charge in [-0.2, -0.15) is 12.7 Å². The molecule has 3 atom stereocenters. The maximum Gasteiger partial charge on any atom is 0.387 e. The monoisotopic (exact) mass is 547 g/mol. The van der Waals surface area contributed by atoms with Crippen LogP contribution in [0.5, 0.6) is 5.75 Å². The lowest BCUT2D eigenvalue weighted by Gasteiger charge is -2.31. The minimum Gasteiger partial charge on any atom is -0.491 e. The fourth-order valence-corrected chi connectivity index (χ4v) is 6.22. The molecule has 2 heterocycles. The molecule has 0 saturated carbocycles. The summed E-state index contributed by atoms with van der Waals surface area (Å²) < 4.78 is 42.8. The fourth-order valence-electron chi connectivity index (χ4n) is 5.11. The van der Waals surface area contributed by atoms with E-state index in [0.29, 0.717) is 51.1 Å². The Morgan fingerprint density at radius 3 is 2.61 bits per heavy atom. The van der Waals surface area contributed by atoms with Gasteiger partial charge in [0.05, 0.1) is 18.6 Å². The van der Waals surface area contributed by atoms with Crippen LogP contribution >= 0.6 is 0 Å². The molecule has 0 aliphatic carbocycles. The summed E-state index contributed by atoms with van der Waals surface area (Å²) in [4.78, 5) is 12.5. The molecule has 0 bridgehead atoms. The molecule has 2 aliphatic heterocycles. The molecular weight excluding hydrogens is 510 g/mol. The molecular formula is C28H37NO8S. The molecule has 10 heteroatoms. The number of ether oxygens (including phenoxy) is 2. The van der Waals surface area contributed by atoms with Crippen LogP contribution < -0.4 is 4.74 Å². The molecule has 2 saturated heterocycles. The Bertz CT molecular complexity index is 1210. The van der Waals surface area contributed by atoms with Gasteiger partial charge in [-0.05, 0) is 79.8 Å². The van der Waals surface area contributed by atoms with Crippen LogP contribution in [0.1, 0.15) is 49.7 Å². The van der Waals surface area contributed by atoms with Crippen molar-refractivity contribution in [2.45, 2.75) is 57.7 Å². The minimum absolute atomic E-state index is 0.0141. The lowest BCUT2D eigenvalue weighted by Crippen LogP contribution is -2.41. The zero-order valence-corrected chi connectivity index (χ0v) is 22.7. The molecule has 0 aromatic heterocycles. The van der Waals surface area contributed by atoms with Crippen molar-refractivity contribution < 1.29 is 37.1 Å². The molecule has 2 unspecified atom stereocenters. The number of rotatable bonds is 9. The number of carbonyl (C=O) groups excluding carboxylic acids is 1. The summed E-state index contributed by atoms with van der Waals surface area (Å²) in [6.07, 6.45) is 1.21. The standard InChI is InChI=1S/C28H37NO8S/c1-19-14-22(6-7-27(19)23-4-3-5-26(16-23)36-18-25(31)17-30)21-8-11-29(12-9-21)38(33,34)37-28(32)24-10-13-35-20(2)15-24/h3-7,14,16,20-21,24-25,30-31H,8-13,15,17-18H2,1-2H3/t20?,24?,25-/m1/s1. The third-order valence-corrected chi connectivity index (χ3v) is 8.67. The zero-order chi connectivity index (χ0) is 27.3. The lowest BCUT2D eigenvalue weighted by atomic mass is 9.87. The van der Waals surface area contributed by atoms with Gasteiger partial charge in [-0.1, -0.05) is 30.3 Å². The first-order valence-electron chi connectivity index (χ1n) is 13.1. The second-order valence-corrected chi connectivity index (χ2v) is 11.7. The van der Waals surface area contributed by atoms with Crippen LogP contribution in [-0.4, -0.2) is 74.0 Å². The Morgan fingerprint density at radius 2 is 1.92 bits per heavy atom.